The van der Waals surface area contributed by atoms with Gasteiger partial charge in [-0.2, -0.15) is 0 Å². The molecule has 1 aromatic rings. The molecule has 2 rings (SSSR count). The highest BCUT2D eigenvalue weighted by atomic mass is 19.2. The van der Waals surface area contributed by atoms with Crippen molar-refractivity contribution in [1.82, 2.24) is 5.12 Å². The molecule has 0 aromatic heterocycles. The van der Waals surface area contributed by atoms with Crippen LogP contribution in [0.3, 0.4) is 0 Å². The van der Waals surface area contributed by atoms with E-state index in [4.69, 9.17) is 4.74 Å². The Labute approximate surface area is 64.1 Å². The van der Waals surface area contributed by atoms with Crippen molar-refractivity contribution in [1.29, 1.82) is 0 Å². The molecule has 0 saturated heterocycles. The minimum Gasteiger partial charge on any atom is -0.475 e. The van der Waals surface area contributed by atoms with Crippen molar-refractivity contribution in [2.24, 2.45) is 0 Å². The molecular formula is C8H8FNO. The second-order valence-electron chi connectivity index (χ2n) is 2.50. The molecule has 0 spiro atoms. The van der Waals surface area contributed by atoms with Crippen LogP contribution >= 0.6 is 0 Å². The van der Waals surface area contributed by atoms with E-state index < -0.39 is 0 Å². The van der Waals surface area contributed by atoms with Crippen LogP contribution in [0, 0.1) is 0 Å². The van der Waals surface area contributed by atoms with Crippen LogP contribution in [0.2, 0.25) is 0 Å². The quantitative estimate of drug-likeness (QED) is 0.526. The maximum atomic E-state index is 12.6. The number of benzene rings is 1. The number of halogens is 1. The van der Waals surface area contributed by atoms with E-state index in [-0.39, 0.29) is 6.73 Å². The summed E-state index contributed by atoms with van der Waals surface area (Å²) < 4.78 is 17.7. The maximum Gasteiger partial charge on any atom is 0.169 e. The van der Waals surface area contributed by atoms with Gasteiger partial charge in [-0.1, -0.05) is 18.2 Å². The van der Waals surface area contributed by atoms with Gasteiger partial charge in [-0.05, 0) is 6.07 Å². The molecule has 0 fully saturated rings. The molecule has 58 valence electrons. The van der Waals surface area contributed by atoms with Gasteiger partial charge in [-0.25, -0.2) is 0 Å². The van der Waals surface area contributed by atoms with Gasteiger partial charge >= 0.3 is 0 Å². The third-order valence-electron chi connectivity index (χ3n) is 1.67. The van der Waals surface area contributed by atoms with Gasteiger partial charge in [0.15, 0.2) is 6.73 Å². The lowest BCUT2D eigenvalue weighted by Gasteiger charge is -2.21. The van der Waals surface area contributed by atoms with Crippen LogP contribution in [0.4, 0.5) is 4.48 Å². The van der Waals surface area contributed by atoms with Crippen molar-refractivity contribution in [3.63, 3.8) is 0 Å². The minimum atomic E-state index is 0.0387. The van der Waals surface area contributed by atoms with Crippen LogP contribution < -0.4 is 4.74 Å². The molecule has 0 aliphatic carbocycles. The summed E-state index contributed by atoms with van der Waals surface area (Å²) in [6.07, 6.45) is 0. The molecule has 1 aromatic carbocycles. The van der Waals surface area contributed by atoms with Crippen LogP contribution in [-0.2, 0) is 6.54 Å². The highest BCUT2D eigenvalue weighted by Gasteiger charge is 2.14. The fourth-order valence-electron chi connectivity index (χ4n) is 1.15. The number of hydrogen-bond donors (Lipinski definition) is 0. The Morgan fingerprint density at radius 3 is 3.09 bits per heavy atom. The maximum absolute atomic E-state index is 12.6. The van der Waals surface area contributed by atoms with Crippen LogP contribution in [0.1, 0.15) is 5.56 Å². The zero-order valence-electron chi connectivity index (χ0n) is 5.96. The van der Waals surface area contributed by atoms with E-state index in [1.54, 1.807) is 0 Å². The molecule has 0 atom stereocenters. The lowest BCUT2D eigenvalue weighted by molar-refractivity contribution is -0.0627. The third-order valence-corrected chi connectivity index (χ3v) is 1.67. The predicted molar refractivity (Wildman–Crippen MR) is 38.6 cm³/mol. The van der Waals surface area contributed by atoms with Gasteiger partial charge in [-0.15, -0.1) is 9.60 Å². The summed E-state index contributed by atoms with van der Waals surface area (Å²) in [6, 6.07) is 7.47. The first kappa shape index (κ1) is 6.61. The normalized spacial score (nSPS) is 17.2. The smallest absolute Gasteiger partial charge is 0.169 e. The summed E-state index contributed by atoms with van der Waals surface area (Å²) in [6.45, 7) is 0.368. The topological polar surface area (TPSA) is 12.5 Å². The second kappa shape index (κ2) is 2.51. The van der Waals surface area contributed by atoms with Gasteiger partial charge in [0.2, 0.25) is 0 Å². The fourth-order valence-corrected chi connectivity index (χ4v) is 1.15. The molecule has 0 bridgehead atoms. The zero-order chi connectivity index (χ0) is 7.68. The Hall–Kier alpha value is -1.09. The molecule has 0 radical (unpaired) electrons. The summed E-state index contributed by atoms with van der Waals surface area (Å²) in [5, 5.41) is 0.641. The third kappa shape index (κ3) is 1.19. The molecular weight excluding hydrogens is 145 g/mol. The minimum absolute atomic E-state index is 0.0387. The van der Waals surface area contributed by atoms with Crippen LogP contribution in [-0.4, -0.2) is 11.9 Å². The molecule has 2 nitrogen and oxygen atoms in total. The summed E-state index contributed by atoms with van der Waals surface area (Å²) in [7, 11) is 0. The fraction of sp³-hybridized carbons (Fsp3) is 0.250. The molecule has 1 heterocycles. The van der Waals surface area contributed by atoms with E-state index in [1.807, 2.05) is 24.3 Å². The van der Waals surface area contributed by atoms with E-state index in [2.05, 4.69) is 0 Å². The van der Waals surface area contributed by atoms with Crippen LogP contribution in [0.25, 0.3) is 0 Å². The molecule has 1 aliphatic heterocycles. The van der Waals surface area contributed by atoms with Gasteiger partial charge < -0.3 is 4.74 Å². The Kier molecular flexibility index (Phi) is 1.51. The zero-order valence-corrected chi connectivity index (χ0v) is 5.96. The largest absolute Gasteiger partial charge is 0.475 e. The predicted octanol–water partition coefficient (Wildman–Crippen LogP) is 1.72. The Bertz CT molecular complexity index is 264. The van der Waals surface area contributed by atoms with Gasteiger partial charge in [0, 0.05) is 5.56 Å². The van der Waals surface area contributed by atoms with Crippen molar-refractivity contribution in [2.45, 2.75) is 6.54 Å². The lowest BCUT2D eigenvalue weighted by Crippen LogP contribution is -2.24. The van der Waals surface area contributed by atoms with E-state index in [0.29, 0.717) is 11.7 Å². The van der Waals surface area contributed by atoms with Gasteiger partial charge in [-0.3, -0.25) is 0 Å². The highest BCUT2D eigenvalue weighted by molar-refractivity contribution is 5.33. The average Bonchev–Trinajstić information content (AvgIpc) is 2.04. The SMILES string of the molecule is FN1COc2ccccc2C1. The summed E-state index contributed by atoms with van der Waals surface area (Å²) >= 11 is 0. The number of rotatable bonds is 0. The van der Waals surface area contributed by atoms with E-state index in [9.17, 15) is 4.48 Å². The first-order valence-electron chi connectivity index (χ1n) is 3.48. The Morgan fingerprint density at radius 1 is 1.36 bits per heavy atom. The van der Waals surface area contributed by atoms with Crippen LogP contribution in [0.15, 0.2) is 24.3 Å². The second-order valence-corrected chi connectivity index (χ2v) is 2.50. The van der Waals surface area contributed by atoms with Crippen molar-refractivity contribution in [3.8, 4) is 5.75 Å². The van der Waals surface area contributed by atoms with Gasteiger partial charge in [0.1, 0.15) is 5.75 Å². The standard InChI is InChI=1S/C8H8FNO/c9-10-5-7-3-1-2-4-8(7)11-6-10/h1-4H,5-6H2. The number of hydrogen-bond acceptors (Lipinski definition) is 2. The van der Waals surface area contributed by atoms with Crippen molar-refractivity contribution >= 4 is 0 Å². The number of ether oxygens (including phenoxy) is 1. The number of para-hydroxylation sites is 1. The van der Waals surface area contributed by atoms with Crippen molar-refractivity contribution < 1.29 is 9.22 Å². The molecule has 0 unspecified atom stereocenters. The van der Waals surface area contributed by atoms with E-state index >= 15 is 0 Å². The number of fused-ring (bicyclic) bond motifs is 1. The Morgan fingerprint density at radius 2 is 2.18 bits per heavy atom. The lowest BCUT2D eigenvalue weighted by atomic mass is 10.2. The molecule has 0 N–H and O–H groups in total. The highest BCUT2D eigenvalue weighted by Crippen LogP contribution is 2.23. The van der Waals surface area contributed by atoms with Crippen molar-refractivity contribution in [3.05, 3.63) is 29.8 Å². The molecule has 1 aliphatic rings. The van der Waals surface area contributed by atoms with E-state index in [0.717, 1.165) is 11.3 Å². The molecule has 3 heteroatoms. The summed E-state index contributed by atoms with van der Waals surface area (Å²) in [4.78, 5) is 0. The van der Waals surface area contributed by atoms with Crippen molar-refractivity contribution in [2.75, 3.05) is 6.73 Å². The monoisotopic (exact) mass is 153 g/mol. The van der Waals surface area contributed by atoms with Gasteiger partial charge in [0.05, 0.1) is 6.54 Å². The summed E-state index contributed by atoms with van der Waals surface area (Å²) in [5.74, 6) is 0.793. The Balaban J connectivity index is 2.34. The average molecular weight is 153 g/mol. The first-order chi connectivity index (χ1) is 5.36. The summed E-state index contributed by atoms with van der Waals surface area (Å²) in [5.41, 5.74) is 0.904. The molecule has 0 amide bonds. The number of nitrogens with zero attached hydrogens (tertiary/aromatic N) is 1. The molecule has 11 heavy (non-hydrogen) atoms. The van der Waals surface area contributed by atoms with Gasteiger partial charge in [0.25, 0.3) is 0 Å². The molecule has 0 saturated carbocycles. The first-order valence-corrected chi connectivity index (χ1v) is 3.48. The van der Waals surface area contributed by atoms with Crippen LogP contribution in [0.5, 0.6) is 5.75 Å². The van der Waals surface area contributed by atoms with E-state index in [1.165, 1.54) is 0 Å².